The van der Waals surface area contributed by atoms with Gasteiger partial charge in [0.25, 0.3) is 0 Å². The van der Waals surface area contributed by atoms with E-state index < -0.39 is 0 Å². The third-order valence-electron chi connectivity index (χ3n) is 12.7. The lowest BCUT2D eigenvalue weighted by Gasteiger charge is -2.58. The van der Waals surface area contributed by atoms with E-state index in [-0.39, 0.29) is 17.5 Å². The molecule has 0 bridgehead atoms. The normalized spacial score (nSPS) is 34.0. The lowest BCUT2D eigenvalue weighted by atomic mass is 9.47. The fourth-order valence-electron chi connectivity index (χ4n) is 10.2. The molecule has 0 spiro atoms. The number of unbranched alkanes of at least 4 members (excludes halogenated alkanes) is 2. The fraction of sp³-hybridized carbons (Fsp3) is 0.725. The molecular formula is C40H60O3. The summed E-state index contributed by atoms with van der Waals surface area (Å²) in [7, 11) is 0. The first-order valence-corrected chi connectivity index (χ1v) is 17.9. The van der Waals surface area contributed by atoms with Gasteiger partial charge in [-0.05, 0) is 135 Å². The van der Waals surface area contributed by atoms with Crippen LogP contribution in [0.15, 0.2) is 48.6 Å². The first kappa shape index (κ1) is 32.4. The molecule has 1 aromatic carbocycles. The molecule has 1 aromatic rings. The Labute approximate surface area is 263 Å². The molecule has 1 unspecified atom stereocenters. The monoisotopic (exact) mass is 588 g/mol. The fourth-order valence-corrected chi connectivity index (χ4v) is 10.2. The van der Waals surface area contributed by atoms with Crippen molar-refractivity contribution in [3.05, 3.63) is 54.1 Å². The Hall–Kier alpha value is -2.03. The van der Waals surface area contributed by atoms with Gasteiger partial charge in [0, 0.05) is 6.42 Å². The number of hydrogen-bond donors (Lipinski definition) is 0. The van der Waals surface area contributed by atoms with E-state index in [1.165, 1.54) is 51.4 Å². The molecule has 5 rings (SSSR count). The standard InChI is InChI=1S/C40H60O3/c1-7-8-9-10-26-42-32-17-14-30(15-18-32)38(41)43-33-22-24-39(5)31(27-33)16-19-34-36-21-20-35(29(4)13-11-12-28(2)3)40(36,6)25-23-37(34)39/h7,14-18,28-29,33-37H,1,8-13,19-27H2,2-6H3/t29-,33?,34+,35-,36+,37+,39+,40-/m1/s1. The van der Waals surface area contributed by atoms with E-state index in [2.05, 4.69) is 47.3 Å². The molecule has 4 aliphatic carbocycles. The van der Waals surface area contributed by atoms with Gasteiger partial charge in [0.05, 0.1) is 12.2 Å². The number of carbonyl (C=O) groups excluding carboxylic acids is 1. The summed E-state index contributed by atoms with van der Waals surface area (Å²) in [5.41, 5.74) is 3.00. The lowest BCUT2D eigenvalue weighted by Crippen LogP contribution is -2.51. The van der Waals surface area contributed by atoms with Crippen LogP contribution in [0.4, 0.5) is 0 Å². The van der Waals surface area contributed by atoms with E-state index in [1.54, 1.807) is 5.57 Å². The summed E-state index contributed by atoms with van der Waals surface area (Å²) in [6.07, 6.45) is 21.8. The van der Waals surface area contributed by atoms with Crippen molar-refractivity contribution in [3.63, 3.8) is 0 Å². The van der Waals surface area contributed by atoms with Crippen LogP contribution in [0.25, 0.3) is 0 Å². The van der Waals surface area contributed by atoms with E-state index in [1.807, 2.05) is 30.3 Å². The van der Waals surface area contributed by atoms with Gasteiger partial charge in [-0.2, -0.15) is 0 Å². The van der Waals surface area contributed by atoms with Crippen LogP contribution in [0.1, 0.15) is 135 Å². The Morgan fingerprint density at radius 1 is 0.977 bits per heavy atom. The van der Waals surface area contributed by atoms with E-state index in [0.29, 0.717) is 17.6 Å². The van der Waals surface area contributed by atoms with Gasteiger partial charge in [-0.1, -0.05) is 71.6 Å². The predicted octanol–water partition coefficient (Wildman–Crippen LogP) is 11.0. The summed E-state index contributed by atoms with van der Waals surface area (Å²) in [5, 5.41) is 0. The molecule has 0 N–H and O–H groups in total. The van der Waals surface area contributed by atoms with Crippen molar-refractivity contribution in [2.45, 2.75) is 131 Å². The van der Waals surface area contributed by atoms with Gasteiger partial charge < -0.3 is 9.47 Å². The molecule has 0 aliphatic heterocycles. The highest BCUT2D eigenvalue weighted by Gasteiger charge is 2.59. The van der Waals surface area contributed by atoms with Crippen LogP contribution in [-0.4, -0.2) is 18.7 Å². The quantitative estimate of drug-likeness (QED) is 0.131. The molecule has 8 atom stereocenters. The van der Waals surface area contributed by atoms with Crippen LogP contribution in [0.5, 0.6) is 5.75 Å². The van der Waals surface area contributed by atoms with Gasteiger partial charge in [-0.3, -0.25) is 0 Å². The molecule has 0 radical (unpaired) electrons. The van der Waals surface area contributed by atoms with Crippen LogP contribution < -0.4 is 4.74 Å². The number of hydrogen-bond acceptors (Lipinski definition) is 3. The Bertz CT molecular complexity index is 1120. The Morgan fingerprint density at radius 2 is 1.77 bits per heavy atom. The summed E-state index contributed by atoms with van der Waals surface area (Å²) in [6.45, 7) is 17.0. The van der Waals surface area contributed by atoms with Crippen LogP contribution in [0.2, 0.25) is 0 Å². The molecule has 4 aliphatic rings. The first-order valence-electron chi connectivity index (χ1n) is 17.9. The van der Waals surface area contributed by atoms with Gasteiger partial charge in [-0.15, -0.1) is 6.58 Å². The van der Waals surface area contributed by atoms with Crippen molar-refractivity contribution in [1.29, 1.82) is 0 Å². The minimum atomic E-state index is -0.201. The van der Waals surface area contributed by atoms with Crippen molar-refractivity contribution in [3.8, 4) is 5.75 Å². The average molecular weight is 589 g/mol. The third-order valence-corrected chi connectivity index (χ3v) is 12.7. The summed E-state index contributed by atoms with van der Waals surface area (Å²) < 4.78 is 11.9. The second kappa shape index (κ2) is 13.9. The summed E-state index contributed by atoms with van der Waals surface area (Å²) in [5.74, 6) is 5.71. The Balaban J connectivity index is 1.16. The molecule has 0 heterocycles. The van der Waals surface area contributed by atoms with E-state index in [9.17, 15) is 4.79 Å². The molecule has 0 amide bonds. The maximum Gasteiger partial charge on any atom is 0.338 e. The van der Waals surface area contributed by atoms with Gasteiger partial charge in [0.15, 0.2) is 0 Å². The number of carbonyl (C=O) groups is 1. The number of fused-ring (bicyclic) bond motifs is 5. The van der Waals surface area contributed by atoms with Gasteiger partial charge in [-0.25, -0.2) is 4.79 Å². The van der Waals surface area contributed by atoms with Gasteiger partial charge in [0.2, 0.25) is 0 Å². The van der Waals surface area contributed by atoms with Gasteiger partial charge >= 0.3 is 5.97 Å². The molecule has 43 heavy (non-hydrogen) atoms. The topological polar surface area (TPSA) is 35.5 Å². The molecule has 3 fully saturated rings. The molecule has 3 nitrogen and oxygen atoms in total. The van der Waals surface area contributed by atoms with Crippen molar-refractivity contribution in [1.82, 2.24) is 0 Å². The number of benzene rings is 1. The second-order valence-electron chi connectivity index (χ2n) is 15.7. The van der Waals surface area contributed by atoms with Crippen molar-refractivity contribution in [2.75, 3.05) is 6.61 Å². The second-order valence-corrected chi connectivity index (χ2v) is 15.7. The van der Waals surface area contributed by atoms with Crippen LogP contribution in [0.3, 0.4) is 0 Å². The molecule has 3 saturated carbocycles. The zero-order chi connectivity index (χ0) is 30.6. The van der Waals surface area contributed by atoms with Gasteiger partial charge in [0.1, 0.15) is 11.9 Å². The molecule has 238 valence electrons. The highest BCUT2D eigenvalue weighted by Crippen LogP contribution is 2.67. The number of esters is 1. The minimum Gasteiger partial charge on any atom is -0.494 e. The summed E-state index contributed by atoms with van der Waals surface area (Å²) in [4.78, 5) is 13.1. The van der Waals surface area contributed by atoms with Crippen molar-refractivity contribution in [2.24, 2.45) is 46.3 Å². The maximum atomic E-state index is 13.1. The lowest BCUT2D eigenvalue weighted by molar-refractivity contribution is -0.0594. The first-order chi connectivity index (χ1) is 20.7. The highest BCUT2D eigenvalue weighted by molar-refractivity contribution is 5.89. The smallest absolute Gasteiger partial charge is 0.338 e. The minimum absolute atomic E-state index is 0.0134. The molecule has 3 heteroatoms. The number of allylic oxidation sites excluding steroid dienone is 2. The van der Waals surface area contributed by atoms with Crippen LogP contribution >= 0.6 is 0 Å². The van der Waals surface area contributed by atoms with E-state index >= 15 is 0 Å². The maximum absolute atomic E-state index is 13.1. The summed E-state index contributed by atoms with van der Waals surface area (Å²) >= 11 is 0. The average Bonchev–Trinajstić information content (AvgIpc) is 3.34. The zero-order valence-corrected chi connectivity index (χ0v) is 28.0. The molecule has 0 aromatic heterocycles. The molecule has 0 saturated heterocycles. The van der Waals surface area contributed by atoms with Crippen LogP contribution in [0, 0.1) is 46.3 Å². The summed E-state index contributed by atoms with van der Waals surface area (Å²) in [6, 6.07) is 7.47. The Morgan fingerprint density at radius 3 is 2.51 bits per heavy atom. The predicted molar refractivity (Wildman–Crippen MR) is 178 cm³/mol. The molecular weight excluding hydrogens is 528 g/mol. The number of rotatable bonds is 13. The third kappa shape index (κ3) is 6.96. The van der Waals surface area contributed by atoms with Crippen LogP contribution in [-0.2, 0) is 4.74 Å². The Kier molecular flexibility index (Phi) is 10.5. The SMILES string of the molecule is C=CCCCCOc1ccc(C(=O)OC2CC[C@@]3(C)C(=CC[C@H]4[C@@H]5CC[C@H]([C@H](C)CCCC(C)C)[C@@]5(C)CC[C@@H]43)C2)cc1. The van der Waals surface area contributed by atoms with Crippen molar-refractivity contribution < 1.29 is 14.3 Å². The van der Waals surface area contributed by atoms with E-state index in [4.69, 9.17) is 9.47 Å². The highest BCUT2D eigenvalue weighted by atomic mass is 16.5. The van der Waals surface area contributed by atoms with Crippen molar-refractivity contribution >= 4 is 5.97 Å². The largest absolute Gasteiger partial charge is 0.494 e. The number of ether oxygens (including phenoxy) is 2. The zero-order valence-electron chi connectivity index (χ0n) is 28.0. The van der Waals surface area contributed by atoms with E-state index in [0.717, 1.165) is 79.8 Å².